The Morgan fingerprint density at radius 2 is 2.06 bits per heavy atom. The van der Waals surface area contributed by atoms with Crippen LogP contribution in [0.5, 0.6) is 0 Å². The molecule has 0 radical (unpaired) electrons. The van der Waals surface area contributed by atoms with Gasteiger partial charge in [0.25, 0.3) is 0 Å². The zero-order valence-electron chi connectivity index (χ0n) is 10.1. The first kappa shape index (κ1) is 14.6. The number of carboxylic acids is 1. The second-order valence-electron chi connectivity index (χ2n) is 3.97. The molecule has 0 atom stereocenters. The van der Waals surface area contributed by atoms with Gasteiger partial charge in [-0.1, -0.05) is 13.0 Å². The van der Waals surface area contributed by atoms with E-state index in [2.05, 4.69) is 11.9 Å². The molecule has 0 unspecified atom stereocenters. The normalized spacial score (nSPS) is 11.2. The minimum atomic E-state index is -1.04. The fourth-order valence-corrected chi connectivity index (χ4v) is 1.26. The average Bonchev–Trinajstić information content (AvgIpc) is 2.22. The number of carbonyl (C=O) groups excluding carboxylic acids is 1. The Balaban J connectivity index is 4.46. The van der Waals surface area contributed by atoms with Crippen molar-refractivity contribution in [2.45, 2.75) is 26.3 Å². The van der Waals surface area contributed by atoms with Crippen molar-refractivity contribution in [1.29, 1.82) is 0 Å². The maximum atomic E-state index is 11.4. The maximum absolute atomic E-state index is 11.4. The molecular weight excluding hydrogens is 208 g/mol. The molecular formula is C11H20N2O3. The van der Waals surface area contributed by atoms with Crippen LogP contribution in [0.3, 0.4) is 0 Å². The van der Waals surface area contributed by atoms with E-state index in [1.165, 1.54) is 0 Å². The predicted octanol–water partition coefficient (Wildman–Crippen LogP) is 0.474. The molecule has 0 aromatic heterocycles. The largest absolute Gasteiger partial charge is 0.480 e. The van der Waals surface area contributed by atoms with Crippen molar-refractivity contribution >= 4 is 11.9 Å². The van der Waals surface area contributed by atoms with Gasteiger partial charge in [-0.25, -0.2) is 0 Å². The van der Waals surface area contributed by atoms with Gasteiger partial charge in [0.1, 0.15) is 5.54 Å². The number of nitrogens with zero attached hydrogens (tertiary/aromatic N) is 1. The van der Waals surface area contributed by atoms with Crippen molar-refractivity contribution in [3.05, 3.63) is 12.7 Å². The van der Waals surface area contributed by atoms with Gasteiger partial charge in [0.2, 0.25) is 5.91 Å². The number of hydrogen-bond acceptors (Lipinski definition) is 3. The molecule has 0 aromatic carbocycles. The summed E-state index contributed by atoms with van der Waals surface area (Å²) in [5.41, 5.74) is -1.04. The maximum Gasteiger partial charge on any atom is 0.323 e. The molecule has 2 N–H and O–H groups in total. The van der Waals surface area contributed by atoms with Crippen LogP contribution >= 0.6 is 0 Å². The molecule has 0 spiro atoms. The summed E-state index contributed by atoms with van der Waals surface area (Å²) < 4.78 is 0. The van der Waals surface area contributed by atoms with E-state index in [1.54, 1.807) is 24.8 Å². The number of nitrogens with one attached hydrogen (secondary N) is 1. The molecule has 92 valence electrons. The first-order valence-electron chi connectivity index (χ1n) is 5.22. The Morgan fingerprint density at radius 1 is 1.50 bits per heavy atom. The third-order valence-corrected chi connectivity index (χ3v) is 2.47. The predicted molar refractivity (Wildman–Crippen MR) is 62.2 cm³/mol. The average molecular weight is 228 g/mol. The summed E-state index contributed by atoms with van der Waals surface area (Å²) in [4.78, 5) is 24.1. The molecule has 5 nitrogen and oxygen atoms in total. The standard InChI is InChI=1S/C11H20N2O3/c1-5-7-12-9(14)8-13(6-2)11(3,4)10(15)16/h5H,1,6-8H2,2-4H3,(H,12,14)(H,15,16). The highest BCUT2D eigenvalue weighted by Gasteiger charge is 2.34. The van der Waals surface area contributed by atoms with E-state index in [0.29, 0.717) is 13.1 Å². The Kier molecular flexibility index (Phi) is 5.74. The Hall–Kier alpha value is -1.36. The van der Waals surface area contributed by atoms with Crippen LogP contribution in [0.1, 0.15) is 20.8 Å². The highest BCUT2D eigenvalue weighted by molar-refractivity contribution is 5.81. The zero-order chi connectivity index (χ0) is 12.8. The molecule has 0 fully saturated rings. The molecule has 0 bridgehead atoms. The van der Waals surface area contributed by atoms with Crippen molar-refractivity contribution in [2.24, 2.45) is 0 Å². The van der Waals surface area contributed by atoms with E-state index in [9.17, 15) is 9.59 Å². The Bertz CT molecular complexity index is 274. The molecule has 0 aliphatic heterocycles. The van der Waals surface area contributed by atoms with E-state index < -0.39 is 11.5 Å². The summed E-state index contributed by atoms with van der Waals surface area (Å²) in [5, 5.41) is 11.7. The number of likely N-dealkylation sites (N-methyl/N-ethyl adjacent to an activating group) is 1. The highest BCUT2D eigenvalue weighted by Crippen LogP contribution is 2.13. The first-order valence-corrected chi connectivity index (χ1v) is 5.22. The lowest BCUT2D eigenvalue weighted by atomic mass is 10.0. The van der Waals surface area contributed by atoms with E-state index in [1.807, 2.05) is 6.92 Å². The molecule has 0 aliphatic rings. The van der Waals surface area contributed by atoms with Gasteiger partial charge in [0.05, 0.1) is 6.54 Å². The van der Waals surface area contributed by atoms with Gasteiger partial charge < -0.3 is 10.4 Å². The van der Waals surface area contributed by atoms with E-state index in [-0.39, 0.29) is 12.5 Å². The lowest BCUT2D eigenvalue weighted by Crippen LogP contribution is -2.53. The SMILES string of the molecule is C=CCNC(=O)CN(CC)C(C)(C)C(=O)O. The van der Waals surface area contributed by atoms with Crippen LogP contribution in [0.2, 0.25) is 0 Å². The number of carbonyl (C=O) groups is 2. The summed E-state index contributed by atoms with van der Waals surface area (Å²) in [5.74, 6) is -1.14. The summed E-state index contributed by atoms with van der Waals surface area (Å²) in [7, 11) is 0. The number of hydrogen-bond donors (Lipinski definition) is 2. The second kappa shape index (κ2) is 6.27. The number of rotatable bonds is 7. The molecule has 16 heavy (non-hydrogen) atoms. The Labute approximate surface area is 96.1 Å². The second-order valence-corrected chi connectivity index (χ2v) is 3.97. The van der Waals surface area contributed by atoms with Gasteiger partial charge >= 0.3 is 5.97 Å². The van der Waals surface area contributed by atoms with Gasteiger partial charge in [0, 0.05) is 6.54 Å². The first-order chi connectivity index (χ1) is 7.36. The van der Waals surface area contributed by atoms with Crippen molar-refractivity contribution in [1.82, 2.24) is 10.2 Å². The number of amides is 1. The van der Waals surface area contributed by atoms with E-state index in [0.717, 1.165) is 0 Å². The molecule has 1 amide bonds. The molecule has 0 heterocycles. The van der Waals surface area contributed by atoms with Gasteiger partial charge in [-0.2, -0.15) is 0 Å². The molecule has 0 rings (SSSR count). The van der Waals surface area contributed by atoms with Crippen LogP contribution in [0, 0.1) is 0 Å². The molecule has 0 aromatic rings. The lowest BCUT2D eigenvalue weighted by molar-refractivity contribution is -0.150. The van der Waals surface area contributed by atoms with E-state index >= 15 is 0 Å². The van der Waals surface area contributed by atoms with Crippen LogP contribution < -0.4 is 5.32 Å². The van der Waals surface area contributed by atoms with Crippen molar-refractivity contribution in [2.75, 3.05) is 19.6 Å². The summed E-state index contributed by atoms with van der Waals surface area (Å²) in [6, 6.07) is 0. The van der Waals surface area contributed by atoms with Gasteiger partial charge in [-0.05, 0) is 20.4 Å². The molecule has 5 heteroatoms. The van der Waals surface area contributed by atoms with E-state index in [4.69, 9.17) is 5.11 Å². The smallest absolute Gasteiger partial charge is 0.323 e. The monoisotopic (exact) mass is 228 g/mol. The van der Waals surface area contributed by atoms with Gasteiger partial charge in [-0.3, -0.25) is 14.5 Å². The Morgan fingerprint density at radius 3 is 2.44 bits per heavy atom. The fourth-order valence-electron chi connectivity index (χ4n) is 1.26. The van der Waals surface area contributed by atoms with Gasteiger partial charge in [0.15, 0.2) is 0 Å². The quantitative estimate of drug-likeness (QED) is 0.622. The topological polar surface area (TPSA) is 69.6 Å². The van der Waals surface area contributed by atoms with Crippen LogP contribution in [-0.2, 0) is 9.59 Å². The van der Waals surface area contributed by atoms with Crippen LogP contribution in [-0.4, -0.2) is 47.1 Å². The third-order valence-electron chi connectivity index (χ3n) is 2.47. The molecule has 0 saturated heterocycles. The lowest BCUT2D eigenvalue weighted by Gasteiger charge is -2.33. The summed E-state index contributed by atoms with van der Waals surface area (Å²) in [6.07, 6.45) is 1.58. The third kappa shape index (κ3) is 4.02. The number of carboxylic acid groups (broad SMARTS) is 1. The van der Waals surface area contributed by atoms with Crippen LogP contribution in [0.25, 0.3) is 0 Å². The van der Waals surface area contributed by atoms with Crippen LogP contribution in [0.4, 0.5) is 0 Å². The fraction of sp³-hybridized carbons (Fsp3) is 0.636. The molecule has 0 aliphatic carbocycles. The van der Waals surface area contributed by atoms with Crippen molar-refractivity contribution in [3.63, 3.8) is 0 Å². The van der Waals surface area contributed by atoms with Crippen molar-refractivity contribution in [3.8, 4) is 0 Å². The number of aliphatic carboxylic acids is 1. The highest BCUT2D eigenvalue weighted by atomic mass is 16.4. The summed E-state index contributed by atoms with van der Waals surface area (Å²) in [6.45, 7) is 9.44. The van der Waals surface area contributed by atoms with Gasteiger partial charge in [-0.15, -0.1) is 6.58 Å². The molecule has 0 saturated carbocycles. The zero-order valence-corrected chi connectivity index (χ0v) is 10.1. The minimum Gasteiger partial charge on any atom is -0.480 e. The van der Waals surface area contributed by atoms with Crippen LogP contribution in [0.15, 0.2) is 12.7 Å². The van der Waals surface area contributed by atoms with Crippen molar-refractivity contribution < 1.29 is 14.7 Å². The minimum absolute atomic E-state index is 0.0731. The summed E-state index contributed by atoms with van der Waals surface area (Å²) >= 11 is 0.